The molecule has 2 fully saturated rings. The Morgan fingerprint density at radius 1 is 1.29 bits per heavy atom. The predicted molar refractivity (Wildman–Crippen MR) is 80.1 cm³/mol. The summed E-state index contributed by atoms with van der Waals surface area (Å²) in [7, 11) is 1.40. The number of ether oxygens (including phenoxy) is 1. The SMILES string of the molecule is COC(=O)C1(N2CC3(CC3)c3cc(Br)ccc3C2=O)CC1. The molecule has 0 atom stereocenters. The highest BCUT2D eigenvalue weighted by molar-refractivity contribution is 9.10. The number of esters is 1. The molecular weight excluding hydrogens is 334 g/mol. The Hall–Kier alpha value is -1.36. The summed E-state index contributed by atoms with van der Waals surface area (Å²) in [5.41, 5.74) is 1.24. The molecule has 4 rings (SSSR count). The van der Waals surface area contributed by atoms with E-state index in [2.05, 4.69) is 22.0 Å². The van der Waals surface area contributed by atoms with Gasteiger partial charge in [0, 0.05) is 22.0 Å². The first-order valence-corrected chi connectivity index (χ1v) is 8.02. The molecule has 2 aliphatic carbocycles. The third-order valence-electron chi connectivity index (χ3n) is 5.15. The highest BCUT2D eigenvalue weighted by Gasteiger charge is 2.63. The van der Waals surface area contributed by atoms with E-state index < -0.39 is 5.54 Å². The quantitative estimate of drug-likeness (QED) is 0.771. The molecule has 4 nitrogen and oxygen atoms in total. The van der Waals surface area contributed by atoms with Gasteiger partial charge in [-0.15, -0.1) is 0 Å². The van der Waals surface area contributed by atoms with Crippen molar-refractivity contribution in [2.24, 2.45) is 0 Å². The molecule has 0 saturated heterocycles. The normalized spacial score (nSPS) is 23.7. The van der Waals surface area contributed by atoms with Crippen LogP contribution in [0.3, 0.4) is 0 Å². The van der Waals surface area contributed by atoms with E-state index in [0.29, 0.717) is 19.4 Å². The fraction of sp³-hybridized carbons (Fsp3) is 0.500. The van der Waals surface area contributed by atoms with Crippen LogP contribution in [0.1, 0.15) is 41.6 Å². The van der Waals surface area contributed by atoms with E-state index in [0.717, 1.165) is 28.4 Å². The molecule has 3 aliphatic rings. The van der Waals surface area contributed by atoms with E-state index in [9.17, 15) is 9.59 Å². The van der Waals surface area contributed by atoms with Gasteiger partial charge in [0.05, 0.1) is 7.11 Å². The highest BCUT2D eigenvalue weighted by Crippen LogP contribution is 2.56. The summed E-state index contributed by atoms with van der Waals surface area (Å²) in [5, 5.41) is 0. The van der Waals surface area contributed by atoms with E-state index in [1.165, 1.54) is 7.11 Å². The van der Waals surface area contributed by atoms with Crippen LogP contribution in [0, 0.1) is 0 Å². The Morgan fingerprint density at radius 2 is 2.00 bits per heavy atom. The van der Waals surface area contributed by atoms with Crippen molar-refractivity contribution in [1.82, 2.24) is 4.90 Å². The number of hydrogen-bond donors (Lipinski definition) is 0. The van der Waals surface area contributed by atoms with Crippen molar-refractivity contribution < 1.29 is 14.3 Å². The first-order valence-electron chi connectivity index (χ1n) is 7.23. The number of benzene rings is 1. The molecule has 0 aromatic heterocycles. The van der Waals surface area contributed by atoms with Gasteiger partial charge in [0.1, 0.15) is 5.54 Å². The minimum atomic E-state index is -0.702. The monoisotopic (exact) mass is 349 g/mol. The third kappa shape index (κ3) is 1.73. The number of halogens is 1. The minimum absolute atomic E-state index is 0.0297. The number of amides is 1. The van der Waals surface area contributed by atoms with Crippen LogP contribution in [-0.2, 0) is 14.9 Å². The number of methoxy groups -OCH3 is 1. The fourth-order valence-electron chi connectivity index (χ4n) is 3.56. The van der Waals surface area contributed by atoms with Crippen molar-refractivity contribution in [2.45, 2.75) is 36.6 Å². The van der Waals surface area contributed by atoms with Crippen LogP contribution in [0.25, 0.3) is 0 Å². The lowest BCUT2D eigenvalue weighted by molar-refractivity contribution is -0.148. The highest BCUT2D eigenvalue weighted by atomic mass is 79.9. The van der Waals surface area contributed by atoms with Crippen LogP contribution in [0.15, 0.2) is 22.7 Å². The lowest BCUT2D eigenvalue weighted by atomic mass is 9.85. The standard InChI is InChI=1S/C16H16BrNO3/c1-21-14(20)16(6-7-16)18-9-15(4-5-15)12-8-10(17)2-3-11(12)13(18)19/h2-3,8H,4-7,9H2,1H3. The molecule has 1 aromatic rings. The molecule has 21 heavy (non-hydrogen) atoms. The number of hydrogen-bond acceptors (Lipinski definition) is 3. The van der Waals surface area contributed by atoms with Crippen molar-refractivity contribution in [3.63, 3.8) is 0 Å². The van der Waals surface area contributed by atoms with Gasteiger partial charge in [-0.25, -0.2) is 4.79 Å². The third-order valence-corrected chi connectivity index (χ3v) is 5.64. The lowest BCUT2D eigenvalue weighted by Gasteiger charge is -2.39. The summed E-state index contributed by atoms with van der Waals surface area (Å²) in [6, 6.07) is 5.84. The molecule has 0 N–H and O–H groups in total. The Balaban J connectivity index is 1.79. The lowest BCUT2D eigenvalue weighted by Crippen LogP contribution is -2.53. The molecule has 1 aromatic carbocycles. The largest absolute Gasteiger partial charge is 0.467 e. The molecule has 1 amide bonds. The van der Waals surface area contributed by atoms with Crippen LogP contribution in [0.4, 0.5) is 0 Å². The number of carbonyl (C=O) groups is 2. The topological polar surface area (TPSA) is 46.6 Å². The second-order valence-corrected chi connectivity index (χ2v) is 7.30. The zero-order valence-corrected chi connectivity index (χ0v) is 13.4. The maximum Gasteiger partial charge on any atom is 0.331 e. The van der Waals surface area contributed by atoms with E-state index >= 15 is 0 Å². The summed E-state index contributed by atoms with van der Waals surface area (Å²) in [4.78, 5) is 26.7. The summed E-state index contributed by atoms with van der Waals surface area (Å²) in [6.07, 6.45) is 3.59. The second-order valence-electron chi connectivity index (χ2n) is 6.38. The van der Waals surface area contributed by atoms with E-state index in [1.54, 1.807) is 4.90 Å². The first kappa shape index (κ1) is 13.3. The summed E-state index contributed by atoms with van der Waals surface area (Å²) in [5.74, 6) is -0.301. The first-order chi connectivity index (χ1) is 10.0. The number of carbonyl (C=O) groups excluding carboxylic acids is 2. The molecule has 0 unspecified atom stereocenters. The van der Waals surface area contributed by atoms with Crippen LogP contribution in [0.5, 0.6) is 0 Å². The molecule has 1 spiro atoms. The summed E-state index contributed by atoms with van der Waals surface area (Å²) in [6.45, 7) is 0.643. The van der Waals surface area contributed by atoms with Gasteiger partial charge in [0.15, 0.2) is 0 Å². The maximum atomic E-state index is 12.9. The smallest absolute Gasteiger partial charge is 0.331 e. The van der Waals surface area contributed by atoms with Crippen molar-refractivity contribution >= 4 is 27.8 Å². The minimum Gasteiger partial charge on any atom is -0.467 e. The van der Waals surface area contributed by atoms with Crippen LogP contribution in [-0.4, -0.2) is 36.0 Å². The van der Waals surface area contributed by atoms with Gasteiger partial charge in [-0.2, -0.15) is 0 Å². The predicted octanol–water partition coefficient (Wildman–Crippen LogP) is 2.64. The average molecular weight is 350 g/mol. The van der Waals surface area contributed by atoms with Crippen LogP contribution < -0.4 is 0 Å². The summed E-state index contributed by atoms with van der Waals surface area (Å²) < 4.78 is 5.94. The fourth-order valence-corrected chi connectivity index (χ4v) is 3.92. The number of rotatable bonds is 2. The molecule has 1 heterocycles. The molecule has 5 heteroatoms. The van der Waals surface area contributed by atoms with Gasteiger partial charge in [0.2, 0.25) is 0 Å². The zero-order chi connectivity index (χ0) is 14.8. The van der Waals surface area contributed by atoms with Gasteiger partial charge >= 0.3 is 5.97 Å². The van der Waals surface area contributed by atoms with Gasteiger partial charge in [-0.1, -0.05) is 15.9 Å². The Bertz CT molecular complexity index is 661. The Labute approximate surface area is 131 Å². The van der Waals surface area contributed by atoms with Crippen LogP contribution in [0.2, 0.25) is 0 Å². The Kier molecular flexibility index (Phi) is 2.60. The number of fused-ring (bicyclic) bond motifs is 2. The number of nitrogens with zero attached hydrogens (tertiary/aromatic N) is 1. The van der Waals surface area contributed by atoms with Gasteiger partial charge < -0.3 is 9.64 Å². The van der Waals surface area contributed by atoms with Crippen LogP contribution >= 0.6 is 15.9 Å². The average Bonchev–Trinajstić information content (AvgIpc) is 3.37. The molecular formula is C16H16BrNO3. The van der Waals surface area contributed by atoms with E-state index in [4.69, 9.17) is 4.74 Å². The molecule has 2 saturated carbocycles. The Morgan fingerprint density at radius 3 is 2.57 bits per heavy atom. The van der Waals surface area contributed by atoms with Crippen molar-refractivity contribution in [1.29, 1.82) is 0 Å². The van der Waals surface area contributed by atoms with Crippen molar-refractivity contribution in [3.05, 3.63) is 33.8 Å². The van der Waals surface area contributed by atoms with Crippen molar-refractivity contribution in [2.75, 3.05) is 13.7 Å². The van der Waals surface area contributed by atoms with Gasteiger partial charge in [-0.05, 0) is 49.4 Å². The van der Waals surface area contributed by atoms with E-state index in [-0.39, 0.29) is 17.3 Å². The van der Waals surface area contributed by atoms with Gasteiger partial charge in [0.25, 0.3) is 5.91 Å². The maximum absolute atomic E-state index is 12.9. The molecule has 0 bridgehead atoms. The molecule has 0 radical (unpaired) electrons. The second kappa shape index (κ2) is 4.09. The van der Waals surface area contributed by atoms with E-state index in [1.807, 2.05) is 12.1 Å². The summed E-state index contributed by atoms with van der Waals surface area (Å²) >= 11 is 3.49. The zero-order valence-electron chi connectivity index (χ0n) is 11.8. The molecule has 110 valence electrons. The molecule has 1 aliphatic heterocycles. The van der Waals surface area contributed by atoms with Gasteiger partial charge in [-0.3, -0.25) is 4.79 Å². The van der Waals surface area contributed by atoms with Crippen molar-refractivity contribution in [3.8, 4) is 0 Å².